The van der Waals surface area contributed by atoms with Gasteiger partial charge in [0.15, 0.2) is 0 Å². The molecule has 0 aromatic heterocycles. The van der Waals surface area contributed by atoms with Crippen LogP contribution in [-0.2, 0) is 4.79 Å². The van der Waals surface area contributed by atoms with Crippen LogP contribution in [0.3, 0.4) is 0 Å². The Balaban J connectivity index is 4.42. The summed E-state index contributed by atoms with van der Waals surface area (Å²) in [4.78, 5) is 16.5. The van der Waals surface area contributed by atoms with Crippen LogP contribution < -0.4 is 0 Å². The van der Waals surface area contributed by atoms with Crippen LogP contribution >= 0.6 is 0 Å². The number of hydrogen-bond donors (Lipinski definition) is 1. The molecule has 1 N–H and O–H groups in total. The smallest absolute Gasteiger partial charge is 0.236 e. The molecule has 0 unspecified atom stereocenters. The van der Waals surface area contributed by atoms with E-state index in [1.54, 1.807) is 0 Å². The minimum absolute atomic E-state index is 0.187. The van der Waals surface area contributed by atoms with E-state index in [4.69, 9.17) is 5.11 Å². The van der Waals surface area contributed by atoms with E-state index in [9.17, 15) is 4.79 Å². The van der Waals surface area contributed by atoms with Crippen molar-refractivity contribution in [1.82, 2.24) is 9.80 Å². The van der Waals surface area contributed by atoms with Crippen molar-refractivity contribution < 1.29 is 9.90 Å². The Labute approximate surface area is 118 Å². The summed E-state index contributed by atoms with van der Waals surface area (Å²) in [6, 6.07) is 0. The second kappa shape index (κ2) is 10.2. The van der Waals surface area contributed by atoms with E-state index in [-0.39, 0.29) is 12.5 Å². The standard InChI is InChI=1S/C15H32N2O2/c1-6-16(8-7-9-18)12-15(19)17(10-13(2)3)11-14(4)5/h13-14,18H,6-12H2,1-5H3. The van der Waals surface area contributed by atoms with E-state index >= 15 is 0 Å². The first-order valence-electron chi connectivity index (χ1n) is 7.51. The van der Waals surface area contributed by atoms with E-state index in [1.807, 2.05) is 4.90 Å². The van der Waals surface area contributed by atoms with E-state index in [0.717, 1.165) is 32.6 Å². The molecule has 0 aromatic carbocycles. The highest BCUT2D eigenvalue weighted by Gasteiger charge is 2.18. The van der Waals surface area contributed by atoms with Gasteiger partial charge in [-0.3, -0.25) is 9.69 Å². The lowest BCUT2D eigenvalue weighted by Crippen LogP contribution is -2.43. The van der Waals surface area contributed by atoms with Gasteiger partial charge in [-0.2, -0.15) is 0 Å². The lowest BCUT2D eigenvalue weighted by atomic mass is 10.1. The Morgan fingerprint density at radius 3 is 2.00 bits per heavy atom. The summed E-state index contributed by atoms with van der Waals surface area (Å²) in [5, 5.41) is 8.87. The van der Waals surface area contributed by atoms with E-state index < -0.39 is 0 Å². The van der Waals surface area contributed by atoms with Crippen LogP contribution in [0.25, 0.3) is 0 Å². The van der Waals surface area contributed by atoms with Crippen LogP contribution in [0, 0.1) is 11.8 Å². The van der Waals surface area contributed by atoms with E-state index in [0.29, 0.717) is 18.4 Å². The molecule has 1 amide bonds. The van der Waals surface area contributed by atoms with Crippen molar-refractivity contribution in [3.8, 4) is 0 Å². The van der Waals surface area contributed by atoms with Gasteiger partial charge in [0, 0.05) is 26.2 Å². The maximum absolute atomic E-state index is 12.4. The molecule has 4 nitrogen and oxygen atoms in total. The van der Waals surface area contributed by atoms with Crippen molar-refractivity contribution >= 4 is 5.91 Å². The molecule has 0 bridgehead atoms. The Bertz CT molecular complexity index is 232. The maximum Gasteiger partial charge on any atom is 0.236 e. The number of carbonyl (C=O) groups excluding carboxylic acids is 1. The van der Waals surface area contributed by atoms with Crippen molar-refractivity contribution in [1.29, 1.82) is 0 Å². The first kappa shape index (κ1) is 18.4. The van der Waals surface area contributed by atoms with Crippen LogP contribution in [0.4, 0.5) is 0 Å². The first-order valence-corrected chi connectivity index (χ1v) is 7.51. The predicted molar refractivity (Wildman–Crippen MR) is 80.1 cm³/mol. The van der Waals surface area contributed by atoms with Crippen LogP contribution in [0.1, 0.15) is 41.0 Å². The number of likely N-dealkylation sites (N-methyl/N-ethyl adjacent to an activating group) is 1. The molecule has 0 aromatic rings. The lowest BCUT2D eigenvalue weighted by molar-refractivity contribution is -0.133. The zero-order chi connectivity index (χ0) is 14.8. The highest BCUT2D eigenvalue weighted by molar-refractivity contribution is 5.78. The van der Waals surface area contributed by atoms with Gasteiger partial charge in [0.1, 0.15) is 0 Å². The fraction of sp³-hybridized carbons (Fsp3) is 0.933. The van der Waals surface area contributed by atoms with Crippen molar-refractivity contribution in [2.24, 2.45) is 11.8 Å². The molecule has 19 heavy (non-hydrogen) atoms. The molecule has 0 spiro atoms. The fourth-order valence-electron chi connectivity index (χ4n) is 2.09. The average molecular weight is 272 g/mol. The molecule has 0 fully saturated rings. The molecule has 0 aliphatic heterocycles. The summed E-state index contributed by atoms with van der Waals surface area (Å²) in [5.74, 6) is 1.20. The summed E-state index contributed by atoms with van der Waals surface area (Å²) in [6.07, 6.45) is 0.732. The van der Waals surface area contributed by atoms with Gasteiger partial charge < -0.3 is 10.0 Å². The van der Waals surface area contributed by atoms with Gasteiger partial charge in [-0.1, -0.05) is 34.6 Å². The van der Waals surface area contributed by atoms with Crippen molar-refractivity contribution in [2.75, 3.05) is 39.3 Å². The third-order valence-corrected chi connectivity index (χ3v) is 2.96. The van der Waals surface area contributed by atoms with Gasteiger partial charge in [-0.05, 0) is 24.8 Å². The third-order valence-electron chi connectivity index (χ3n) is 2.96. The zero-order valence-electron chi connectivity index (χ0n) is 13.4. The highest BCUT2D eigenvalue weighted by atomic mass is 16.3. The highest BCUT2D eigenvalue weighted by Crippen LogP contribution is 2.05. The molecule has 0 atom stereocenters. The molecule has 0 saturated heterocycles. The summed E-state index contributed by atoms with van der Waals surface area (Å²) in [7, 11) is 0. The lowest BCUT2D eigenvalue weighted by Gasteiger charge is -2.29. The molecule has 0 saturated carbocycles. The summed E-state index contributed by atoms with van der Waals surface area (Å²) < 4.78 is 0. The molecule has 0 aliphatic rings. The average Bonchev–Trinajstić information content (AvgIpc) is 2.32. The largest absolute Gasteiger partial charge is 0.396 e. The number of amides is 1. The van der Waals surface area contributed by atoms with E-state index in [1.165, 1.54) is 0 Å². The van der Waals surface area contributed by atoms with Crippen molar-refractivity contribution in [2.45, 2.75) is 41.0 Å². The number of nitrogens with zero attached hydrogens (tertiary/aromatic N) is 2. The minimum atomic E-state index is 0.187. The van der Waals surface area contributed by atoms with Gasteiger partial charge in [-0.25, -0.2) is 0 Å². The number of aliphatic hydroxyl groups is 1. The van der Waals surface area contributed by atoms with Gasteiger partial charge in [0.05, 0.1) is 6.54 Å². The number of aliphatic hydroxyl groups excluding tert-OH is 1. The summed E-state index contributed by atoms with van der Waals surface area (Å²) in [6.45, 7) is 14.6. The minimum Gasteiger partial charge on any atom is -0.396 e. The zero-order valence-corrected chi connectivity index (χ0v) is 13.4. The molecule has 0 aliphatic carbocycles. The quantitative estimate of drug-likeness (QED) is 0.660. The van der Waals surface area contributed by atoms with Gasteiger partial charge in [0.2, 0.25) is 5.91 Å². The second-order valence-electron chi connectivity index (χ2n) is 6.03. The Hall–Kier alpha value is -0.610. The monoisotopic (exact) mass is 272 g/mol. The summed E-state index contributed by atoms with van der Waals surface area (Å²) >= 11 is 0. The number of hydrogen-bond acceptors (Lipinski definition) is 3. The van der Waals surface area contributed by atoms with Crippen LogP contribution in [0.5, 0.6) is 0 Å². The third kappa shape index (κ3) is 9.00. The van der Waals surface area contributed by atoms with Crippen molar-refractivity contribution in [3.63, 3.8) is 0 Å². The van der Waals surface area contributed by atoms with Gasteiger partial charge >= 0.3 is 0 Å². The van der Waals surface area contributed by atoms with E-state index in [2.05, 4.69) is 39.5 Å². The summed E-state index contributed by atoms with van der Waals surface area (Å²) in [5.41, 5.74) is 0. The van der Waals surface area contributed by atoms with Crippen LogP contribution in [0.2, 0.25) is 0 Å². The molecule has 4 heteroatoms. The second-order valence-corrected chi connectivity index (χ2v) is 6.03. The van der Waals surface area contributed by atoms with Gasteiger partial charge in [0.25, 0.3) is 0 Å². The van der Waals surface area contributed by atoms with Crippen molar-refractivity contribution in [3.05, 3.63) is 0 Å². The van der Waals surface area contributed by atoms with Crippen LogP contribution in [0.15, 0.2) is 0 Å². The predicted octanol–water partition coefficient (Wildman–Crippen LogP) is 1.83. The number of carbonyl (C=O) groups is 1. The molecule has 0 radical (unpaired) electrons. The van der Waals surface area contributed by atoms with Crippen LogP contribution in [-0.4, -0.2) is 60.1 Å². The topological polar surface area (TPSA) is 43.8 Å². The SMILES string of the molecule is CCN(CCCO)CC(=O)N(CC(C)C)CC(C)C. The molecule has 114 valence electrons. The normalized spacial score (nSPS) is 11.6. The molecule has 0 heterocycles. The Kier molecular flexibility index (Phi) is 9.88. The maximum atomic E-state index is 12.4. The molecule has 0 rings (SSSR count). The molecular weight excluding hydrogens is 240 g/mol. The first-order chi connectivity index (χ1) is 8.90. The Morgan fingerprint density at radius 2 is 1.63 bits per heavy atom. The van der Waals surface area contributed by atoms with Gasteiger partial charge in [-0.15, -0.1) is 0 Å². The Morgan fingerprint density at radius 1 is 1.11 bits per heavy atom. The molecular formula is C15H32N2O2. The number of rotatable bonds is 10. The fourth-order valence-corrected chi connectivity index (χ4v) is 2.09.